The van der Waals surface area contributed by atoms with Gasteiger partial charge in [0.15, 0.2) is 0 Å². The first-order chi connectivity index (χ1) is 12.2. The van der Waals surface area contributed by atoms with E-state index >= 15 is 0 Å². The number of carbonyl (C=O) groups excluding carboxylic acids is 1. The number of carbonyl (C=O) groups is 1. The van der Waals surface area contributed by atoms with Crippen molar-refractivity contribution >= 4 is 17.7 Å². The first-order valence-electron chi connectivity index (χ1n) is 8.78. The first kappa shape index (κ1) is 16.6. The van der Waals surface area contributed by atoms with E-state index in [2.05, 4.69) is 5.10 Å². The zero-order valence-electron chi connectivity index (χ0n) is 14.3. The Balaban J connectivity index is 1.51. The van der Waals surface area contributed by atoms with Gasteiger partial charge in [-0.15, -0.1) is 5.10 Å². The Morgan fingerprint density at radius 3 is 2.64 bits per heavy atom. The fraction of sp³-hybridized carbons (Fsp3) is 0.500. The molecule has 1 aromatic heterocycles. The van der Waals surface area contributed by atoms with E-state index < -0.39 is 0 Å². The molecule has 132 valence electrons. The molecule has 1 aliphatic heterocycles. The van der Waals surface area contributed by atoms with Crippen LogP contribution in [0.1, 0.15) is 31.5 Å². The van der Waals surface area contributed by atoms with Gasteiger partial charge in [0, 0.05) is 19.0 Å². The fourth-order valence-corrected chi connectivity index (χ4v) is 3.81. The highest BCUT2D eigenvalue weighted by molar-refractivity contribution is 8.00. The van der Waals surface area contributed by atoms with E-state index in [0.717, 1.165) is 24.4 Å². The van der Waals surface area contributed by atoms with Crippen LogP contribution in [-0.2, 0) is 9.53 Å². The average molecular weight is 358 g/mol. The summed E-state index contributed by atoms with van der Waals surface area (Å²) in [7, 11) is 0. The maximum absolute atomic E-state index is 12.6. The summed E-state index contributed by atoms with van der Waals surface area (Å²) in [5.74, 6) is 1.64. The van der Waals surface area contributed by atoms with Crippen LogP contribution in [0.5, 0.6) is 0 Å². The normalized spacial score (nSPS) is 19.0. The summed E-state index contributed by atoms with van der Waals surface area (Å²) in [6.07, 6.45) is 2.33. The number of rotatable bonds is 5. The number of hydrogen-bond donors (Lipinski definition) is 0. The lowest BCUT2D eigenvalue weighted by Crippen LogP contribution is -2.44. The minimum atomic E-state index is -0.197. The third-order valence-corrected chi connectivity index (χ3v) is 5.45. The highest BCUT2D eigenvalue weighted by Gasteiger charge is 2.31. The second-order valence-electron chi connectivity index (χ2n) is 6.47. The van der Waals surface area contributed by atoms with Gasteiger partial charge in [0.1, 0.15) is 5.82 Å². The Hall–Kier alpha value is -1.86. The van der Waals surface area contributed by atoms with Crippen molar-refractivity contribution in [3.63, 3.8) is 0 Å². The van der Waals surface area contributed by atoms with Crippen LogP contribution in [0.25, 0.3) is 5.69 Å². The van der Waals surface area contributed by atoms with E-state index in [1.54, 1.807) is 0 Å². The molecular formula is C18H22N4O2S. The molecule has 1 saturated heterocycles. The molecular weight excluding hydrogens is 336 g/mol. The molecule has 2 heterocycles. The lowest BCUT2D eigenvalue weighted by Gasteiger charge is -2.28. The molecule has 1 aromatic carbocycles. The number of aromatic nitrogens is 3. The number of amides is 1. The Labute approximate surface area is 151 Å². The van der Waals surface area contributed by atoms with E-state index in [0.29, 0.717) is 37.4 Å². The molecule has 2 aliphatic rings. The summed E-state index contributed by atoms with van der Waals surface area (Å²) < 4.78 is 7.26. The Bertz CT molecular complexity index is 739. The van der Waals surface area contributed by atoms with E-state index in [1.807, 2.05) is 46.8 Å². The minimum Gasteiger partial charge on any atom is -0.378 e. The molecule has 2 fully saturated rings. The molecule has 0 radical (unpaired) electrons. The summed E-state index contributed by atoms with van der Waals surface area (Å²) >= 11 is 1.45. The van der Waals surface area contributed by atoms with Gasteiger partial charge >= 0.3 is 0 Å². The molecule has 6 nitrogen and oxygen atoms in total. The summed E-state index contributed by atoms with van der Waals surface area (Å²) in [4.78, 5) is 19.2. The molecule has 1 saturated carbocycles. The van der Waals surface area contributed by atoms with Crippen LogP contribution in [0.3, 0.4) is 0 Å². The monoisotopic (exact) mass is 358 g/mol. The predicted molar refractivity (Wildman–Crippen MR) is 96.1 cm³/mol. The summed E-state index contributed by atoms with van der Waals surface area (Å²) in [5, 5.41) is 5.17. The zero-order valence-corrected chi connectivity index (χ0v) is 15.1. The quantitative estimate of drug-likeness (QED) is 0.769. The molecule has 1 unspecified atom stereocenters. The van der Waals surface area contributed by atoms with Crippen LogP contribution < -0.4 is 0 Å². The molecule has 2 aromatic rings. The van der Waals surface area contributed by atoms with Crippen LogP contribution in [-0.4, -0.2) is 57.1 Å². The number of ether oxygens (including phenoxy) is 1. The van der Waals surface area contributed by atoms with Crippen LogP contribution in [0.15, 0.2) is 35.5 Å². The average Bonchev–Trinajstić information content (AvgIpc) is 3.43. The molecule has 0 bridgehead atoms. The van der Waals surface area contributed by atoms with Crippen molar-refractivity contribution in [2.24, 2.45) is 0 Å². The lowest BCUT2D eigenvalue weighted by atomic mass is 10.3. The van der Waals surface area contributed by atoms with Crippen molar-refractivity contribution in [2.45, 2.75) is 36.1 Å². The van der Waals surface area contributed by atoms with Crippen LogP contribution in [0.4, 0.5) is 0 Å². The van der Waals surface area contributed by atoms with Gasteiger partial charge in [0.2, 0.25) is 11.1 Å². The lowest BCUT2D eigenvalue weighted by molar-refractivity contribution is -0.134. The van der Waals surface area contributed by atoms with E-state index in [-0.39, 0.29) is 11.2 Å². The number of para-hydroxylation sites is 1. The Kier molecular flexibility index (Phi) is 4.76. The van der Waals surface area contributed by atoms with Crippen LogP contribution in [0.2, 0.25) is 0 Å². The Morgan fingerprint density at radius 1 is 1.24 bits per heavy atom. The maximum Gasteiger partial charge on any atom is 0.236 e. The highest BCUT2D eigenvalue weighted by Crippen LogP contribution is 2.40. The van der Waals surface area contributed by atoms with Gasteiger partial charge in [0.05, 0.1) is 24.2 Å². The molecule has 1 atom stereocenters. The summed E-state index contributed by atoms with van der Waals surface area (Å²) in [6.45, 7) is 4.51. The number of thioether (sulfide) groups is 1. The molecule has 1 amide bonds. The molecule has 1 aliphatic carbocycles. The molecule has 0 spiro atoms. The Morgan fingerprint density at radius 2 is 1.96 bits per heavy atom. The van der Waals surface area contributed by atoms with Gasteiger partial charge in [-0.25, -0.2) is 9.67 Å². The fourth-order valence-electron chi connectivity index (χ4n) is 2.97. The summed E-state index contributed by atoms with van der Waals surface area (Å²) in [5.41, 5.74) is 1.02. The van der Waals surface area contributed by atoms with Crippen LogP contribution in [0, 0.1) is 0 Å². The molecule has 25 heavy (non-hydrogen) atoms. The van der Waals surface area contributed by atoms with Crippen molar-refractivity contribution < 1.29 is 9.53 Å². The summed E-state index contributed by atoms with van der Waals surface area (Å²) in [6, 6.07) is 10.1. The highest BCUT2D eigenvalue weighted by atomic mass is 32.2. The standard InChI is InChI=1S/C18H22N4O2S/c1-13(17(23)21-9-11-24-12-10-21)25-18-19-16(14-7-8-14)22(20-18)15-5-3-2-4-6-15/h2-6,13-14H,7-12H2,1H3. The van der Waals surface area contributed by atoms with Gasteiger partial charge in [-0.2, -0.15) is 0 Å². The second kappa shape index (κ2) is 7.17. The van der Waals surface area contributed by atoms with Gasteiger partial charge < -0.3 is 9.64 Å². The van der Waals surface area contributed by atoms with Crippen LogP contribution >= 0.6 is 11.8 Å². The molecule has 7 heteroatoms. The van der Waals surface area contributed by atoms with Crippen molar-refractivity contribution in [3.05, 3.63) is 36.2 Å². The largest absolute Gasteiger partial charge is 0.378 e. The minimum absolute atomic E-state index is 0.136. The van der Waals surface area contributed by atoms with Crippen molar-refractivity contribution in [2.75, 3.05) is 26.3 Å². The van der Waals surface area contributed by atoms with Gasteiger partial charge in [-0.1, -0.05) is 30.0 Å². The van der Waals surface area contributed by atoms with E-state index in [1.165, 1.54) is 11.8 Å². The number of morpholine rings is 1. The van der Waals surface area contributed by atoms with E-state index in [9.17, 15) is 4.79 Å². The van der Waals surface area contributed by atoms with Gasteiger partial charge in [0.25, 0.3) is 0 Å². The third-order valence-electron chi connectivity index (χ3n) is 4.51. The first-order valence-corrected chi connectivity index (χ1v) is 9.66. The SMILES string of the molecule is CC(Sc1nc(C2CC2)n(-c2ccccc2)n1)C(=O)N1CCOCC1. The van der Waals surface area contributed by atoms with E-state index in [4.69, 9.17) is 9.72 Å². The maximum atomic E-state index is 12.6. The molecule has 0 N–H and O–H groups in total. The van der Waals surface area contributed by atoms with Crippen molar-refractivity contribution in [1.82, 2.24) is 19.7 Å². The number of benzene rings is 1. The van der Waals surface area contributed by atoms with Crippen molar-refractivity contribution in [1.29, 1.82) is 0 Å². The predicted octanol–water partition coefficient (Wildman–Crippen LogP) is 2.48. The van der Waals surface area contributed by atoms with Crippen molar-refractivity contribution in [3.8, 4) is 5.69 Å². The topological polar surface area (TPSA) is 60.2 Å². The second-order valence-corrected chi connectivity index (χ2v) is 7.78. The van der Waals surface area contributed by atoms with Gasteiger partial charge in [-0.3, -0.25) is 4.79 Å². The zero-order chi connectivity index (χ0) is 17.2. The number of nitrogens with zero attached hydrogens (tertiary/aromatic N) is 4. The molecule has 4 rings (SSSR count). The number of hydrogen-bond acceptors (Lipinski definition) is 5. The third kappa shape index (κ3) is 3.72. The smallest absolute Gasteiger partial charge is 0.236 e. The van der Waals surface area contributed by atoms with Gasteiger partial charge in [-0.05, 0) is 31.9 Å².